The topological polar surface area (TPSA) is 52.5 Å². The third-order valence-corrected chi connectivity index (χ3v) is 3.49. The number of ether oxygens (including phenoxy) is 1. The number of nitrogens with two attached hydrogens (primary N) is 1. The Morgan fingerprint density at radius 3 is 2.90 bits per heavy atom. The first-order valence-corrected chi connectivity index (χ1v) is 7.12. The van der Waals surface area contributed by atoms with Crippen molar-refractivity contribution in [3.05, 3.63) is 65.6 Å². The Morgan fingerprint density at radius 1 is 1.19 bits per heavy atom. The van der Waals surface area contributed by atoms with E-state index in [4.69, 9.17) is 10.5 Å². The number of aryl methyl sites for hydroxylation is 1. The predicted octanol–water partition coefficient (Wildman–Crippen LogP) is 2.72. The van der Waals surface area contributed by atoms with E-state index < -0.39 is 0 Å². The van der Waals surface area contributed by atoms with E-state index in [2.05, 4.69) is 24.0 Å². The fraction of sp³-hybridized carbons (Fsp3) is 0.235. The Morgan fingerprint density at radius 2 is 2.10 bits per heavy atom. The van der Waals surface area contributed by atoms with Crippen LogP contribution in [0.1, 0.15) is 16.8 Å². The van der Waals surface area contributed by atoms with Crippen molar-refractivity contribution in [2.75, 3.05) is 6.54 Å². The molecule has 21 heavy (non-hydrogen) atoms. The summed E-state index contributed by atoms with van der Waals surface area (Å²) in [6.07, 6.45) is 4.80. The summed E-state index contributed by atoms with van der Waals surface area (Å²) < 4.78 is 8.00. The largest absolute Gasteiger partial charge is 0.487 e. The van der Waals surface area contributed by atoms with Gasteiger partial charge in [-0.2, -0.15) is 0 Å². The molecule has 0 amide bonds. The molecule has 0 bridgehead atoms. The summed E-state index contributed by atoms with van der Waals surface area (Å²) in [6, 6.07) is 12.1. The van der Waals surface area contributed by atoms with E-state index in [9.17, 15) is 0 Å². The number of rotatable bonds is 5. The summed E-state index contributed by atoms with van der Waals surface area (Å²) in [5.74, 6) is 0.931. The van der Waals surface area contributed by atoms with Gasteiger partial charge in [0.15, 0.2) is 0 Å². The van der Waals surface area contributed by atoms with Crippen molar-refractivity contribution in [2.45, 2.75) is 20.0 Å². The van der Waals surface area contributed by atoms with Crippen LogP contribution in [0.15, 0.2) is 48.8 Å². The highest BCUT2D eigenvalue weighted by atomic mass is 16.5. The van der Waals surface area contributed by atoms with E-state index in [-0.39, 0.29) is 0 Å². The van der Waals surface area contributed by atoms with Crippen molar-refractivity contribution in [2.24, 2.45) is 5.73 Å². The van der Waals surface area contributed by atoms with Gasteiger partial charge in [-0.15, -0.1) is 0 Å². The lowest BCUT2D eigenvalue weighted by molar-refractivity contribution is 0.297. The van der Waals surface area contributed by atoms with Crippen LogP contribution in [-0.4, -0.2) is 15.9 Å². The maximum atomic E-state index is 6.00. The van der Waals surface area contributed by atoms with Crippen LogP contribution in [0, 0.1) is 6.92 Å². The Labute approximate surface area is 124 Å². The van der Waals surface area contributed by atoms with Crippen LogP contribution in [0.3, 0.4) is 0 Å². The molecular weight excluding hydrogens is 262 g/mol. The molecule has 0 aliphatic heterocycles. The van der Waals surface area contributed by atoms with Gasteiger partial charge in [0.05, 0.1) is 5.69 Å². The second-order valence-corrected chi connectivity index (χ2v) is 5.09. The first-order valence-electron chi connectivity index (χ1n) is 7.12. The van der Waals surface area contributed by atoms with E-state index in [1.165, 1.54) is 0 Å². The van der Waals surface area contributed by atoms with Crippen LogP contribution in [0.25, 0.3) is 5.65 Å². The molecule has 4 heteroatoms. The second-order valence-electron chi connectivity index (χ2n) is 5.09. The Balaban J connectivity index is 1.81. The number of pyridine rings is 1. The summed E-state index contributed by atoms with van der Waals surface area (Å²) in [7, 11) is 0. The van der Waals surface area contributed by atoms with Crippen LogP contribution < -0.4 is 10.5 Å². The number of nitrogens with zero attached hydrogens (tertiary/aromatic N) is 2. The normalized spacial score (nSPS) is 11.0. The lowest BCUT2D eigenvalue weighted by Gasteiger charge is -2.12. The molecule has 0 unspecified atom stereocenters. The van der Waals surface area contributed by atoms with Gasteiger partial charge in [-0.05, 0) is 43.1 Å². The molecule has 3 rings (SSSR count). The molecule has 0 saturated heterocycles. The van der Waals surface area contributed by atoms with Crippen molar-refractivity contribution < 1.29 is 4.74 Å². The van der Waals surface area contributed by atoms with Gasteiger partial charge < -0.3 is 14.9 Å². The molecule has 0 aliphatic rings. The quantitative estimate of drug-likeness (QED) is 0.782. The number of hydrogen-bond acceptors (Lipinski definition) is 3. The van der Waals surface area contributed by atoms with Gasteiger partial charge in [-0.1, -0.05) is 24.3 Å². The van der Waals surface area contributed by atoms with Gasteiger partial charge in [0, 0.05) is 12.4 Å². The minimum absolute atomic E-state index is 0.462. The second kappa shape index (κ2) is 5.97. The van der Waals surface area contributed by atoms with Crippen LogP contribution >= 0.6 is 0 Å². The molecule has 108 valence electrons. The number of fused-ring (bicyclic) bond motifs is 1. The molecule has 2 heterocycles. The van der Waals surface area contributed by atoms with E-state index in [1.807, 2.05) is 41.1 Å². The van der Waals surface area contributed by atoms with Gasteiger partial charge in [0.2, 0.25) is 0 Å². The van der Waals surface area contributed by atoms with Crippen LogP contribution in [0.4, 0.5) is 0 Å². The molecule has 0 spiro atoms. The average Bonchev–Trinajstić information content (AvgIpc) is 2.90. The highest BCUT2D eigenvalue weighted by molar-refractivity contribution is 5.42. The predicted molar refractivity (Wildman–Crippen MR) is 83.5 cm³/mol. The van der Waals surface area contributed by atoms with E-state index in [1.54, 1.807) is 0 Å². The number of imidazole rings is 1. The van der Waals surface area contributed by atoms with Gasteiger partial charge in [0.25, 0.3) is 0 Å². The zero-order chi connectivity index (χ0) is 14.7. The van der Waals surface area contributed by atoms with Crippen molar-refractivity contribution >= 4 is 5.65 Å². The number of aromatic nitrogens is 2. The molecule has 0 radical (unpaired) electrons. The maximum Gasteiger partial charge on any atom is 0.137 e. The monoisotopic (exact) mass is 281 g/mol. The van der Waals surface area contributed by atoms with Gasteiger partial charge >= 0.3 is 0 Å². The molecule has 3 aromatic rings. The summed E-state index contributed by atoms with van der Waals surface area (Å²) in [4.78, 5) is 4.55. The first kappa shape index (κ1) is 13.6. The summed E-state index contributed by atoms with van der Waals surface area (Å²) in [6.45, 7) is 3.14. The number of hydrogen-bond donors (Lipinski definition) is 1. The lowest BCUT2D eigenvalue weighted by Crippen LogP contribution is -2.06. The Hall–Kier alpha value is -2.33. The van der Waals surface area contributed by atoms with Crippen LogP contribution in [0.5, 0.6) is 5.75 Å². The zero-order valence-electron chi connectivity index (χ0n) is 12.1. The molecule has 1 aromatic carbocycles. The van der Waals surface area contributed by atoms with Crippen molar-refractivity contribution in [1.82, 2.24) is 9.38 Å². The number of benzene rings is 1. The Kier molecular flexibility index (Phi) is 3.88. The third-order valence-electron chi connectivity index (χ3n) is 3.49. The Bertz CT molecular complexity index is 716. The van der Waals surface area contributed by atoms with Crippen molar-refractivity contribution in [1.29, 1.82) is 0 Å². The third kappa shape index (κ3) is 2.90. The van der Waals surface area contributed by atoms with Gasteiger partial charge in [-0.3, -0.25) is 0 Å². The summed E-state index contributed by atoms with van der Waals surface area (Å²) in [5, 5.41) is 0. The molecular formula is C17H19N3O. The molecule has 0 fully saturated rings. The van der Waals surface area contributed by atoms with Crippen molar-refractivity contribution in [3.63, 3.8) is 0 Å². The summed E-state index contributed by atoms with van der Waals surface area (Å²) in [5.41, 5.74) is 9.80. The SMILES string of the molecule is Cc1cccc(CCN)c1OCc1cn2ccccc2n1. The molecule has 0 atom stereocenters. The van der Waals surface area contributed by atoms with E-state index in [0.717, 1.165) is 34.6 Å². The molecule has 0 saturated carbocycles. The minimum atomic E-state index is 0.462. The molecule has 2 aromatic heterocycles. The van der Waals surface area contributed by atoms with Crippen molar-refractivity contribution in [3.8, 4) is 5.75 Å². The highest BCUT2D eigenvalue weighted by Gasteiger charge is 2.08. The minimum Gasteiger partial charge on any atom is -0.487 e. The standard InChI is InChI=1S/C17H19N3O/c1-13-5-4-6-14(8-9-18)17(13)21-12-15-11-20-10-3-2-7-16(20)19-15/h2-7,10-11H,8-9,12,18H2,1H3. The van der Waals surface area contributed by atoms with E-state index in [0.29, 0.717) is 13.2 Å². The average molecular weight is 281 g/mol. The van der Waals surface area contributed by atoms with Crippen LogP contribution in [-0.2, 0) is 13.0 Å². The number of para-hydroxylation sites is 1. The highest BCUT2D eigenvalue weighted by Crippen LogP contribution is 2.24. The smallest absolute Gasteiger partial charge is 0.137 e. The first-order chi connectivity index (χ1) is 10.3. The van der Waals surface area contributed by atoms with Gasteiger partial charge in [0.1, 0.15) is 18.0 Å². The maximum absolute atomic E-state index is 6.00. The summed E-state index contributed by atoms with van der Waals surface area (Å²) >= 11 is 0. The molecule has 4 nitrogen and oxygen atoms in total. The lowest BCUT2D eigenvalue weighted by atomic mass is 10.1. The molecule has 0 aliphatic carbocycles. The fourth-order valence-electron chi connectivity index (χ4n) is 2.47. The van der Waals surface area contributed by atoms with Crippen LogP contribution in [0.2, 0.25) is 0 Å². The van der Waals surface area contributed by atoms with Gasteiger partial charge in [-0.25, -0.2) is 4.98 Å². The fourth-order valence-corrected chi connectivity index (χ4v) is 2.47. The zero-order valence-corrected chi connectivity index (χ0v) is 12.1. The molecule has 2 N–H and O–H groups in total. The van der Waals surface area contributed by atoms with E-state index >= 15 is 0 Å².